The lowest BCUT2D eigenvalue weighted by Gasteiger charge is -2.35. The minimum Gasteiger partial charge on any atom is -0.380 e. The van der Waals surface area contributed by atoms with E-state index in [1.165, 1.54) is 21.7 Å². The molecule has 3 nitrogen and oxygen atoms in total. The molecular formula is C34H48N2OS2. The molecule has 0 bridgehead atoms. The maximum Gasteiger partial charge on any atom is 0.124 e. The summed E-state index contributed by atoms with van der Waals surface area (Å²) in [4.78, 5) is 20.5. The van der Waals surface area contributed by atoms with E-state index in [0.29, 0.717) is 6.42 Å². The average molecular weight is 565 g/mol. The summed E-state index contributed by atoms with van der Waals surface area (Å²) in [7, 11) is 4.13. The average Bonchev–Trinajstić information content (AvgIpc) is 3.17. The Morgan fingerprint density at radius 1 is 1.03 bits per heavy atom. The van der Waals surface area contributed by atoms with Crippen LogP contribution in [0, 0.1) is 0 Å². The Bertz CT molecular complexity index is 1220. The first kappa shape index (κ1) is 34.5. The van der Waals surface area contributed by atoms with Gasteiger partial charge in [-0.1, -0.05) is 79.7 Å². The first-order chi connectivity index (χ1) is 18.5. The first-order valence-electron chi connectivity index (χ1n) is 13.8. The number of aldehydes is 1. The number of benzene rings is 2. The molecule has 1 aliphatic rings. The van der Waals surface area contributed by atoms with Crippen molar-refractivity contribution in [3.8, 4) is 0 Å². The fourth-order valence-corrected chi connectivity index (χ4v) is 5.36. The number of allylic oxidation sites excluding steroid dienone is 6. The summed E-state index contributed by atoms with van der Waals surface area (Å²) in [6.07, 6.45) is 13.9. The maximum atomic E-state index is 11.3. The van der Waals surface area contributed by atoms with Crippen LogP contribution < -0.4 is 0 Å². The summed E-state index contributed by atoms with van der Waals surface area (Å²) in [5, 5.41) is 0. The molecule has 0 unspecified atom stereocenters. The second-order valence-electron chi connectivity index (χ2n) is 10.0. The minimum absolute atomic E-state index is 0.150. The Balaban J connectivity index is 0.00000181. The fourth-order valence-electron chi connectivity index (χ4n) is 4.72. The molecule has 212 valence electrons. The van der Waals surface area contributed by atoms with Crippen LogP contribution in [0.25, 0.3) is 0 Å². The highest BCUT2D eigenvalue weighted by Gasteiger charge is 2.33. The molecule has 0 spiro atoms. The molecular weight excluding hydrogens is 517 g/mol. The predicted molar refractivity (Wildman–Crippen MR) is 178 cm³/mol. The van der Waals surface area contributed by atoms with Crippen molar-refractivity contribution in [2.45, 2.75) is 82.4 Å². The van der Waals surface area contributed by atoms with Crippen LogP contribution in [0.5, 0.6) is 0 Å². The number of carbonyl (C=O) groups excluding carboxylic acids is 1. The quantitative estimate of drug-likeness (QED) is 0.142. The van der Waals surface area contributed by atoms with Crippen molar-refractivity contribution < 1.29 is 4.79 Å². The van der Waals surface area contributed by atoms with E-state index in [9.17, 15) is 4.79 Å². The molecule has 3 rings (SSSR count). The van der Waals surface area contributed by atoms with Crippen molar-refractivity contribution in [2.75, 3.05) is 20.4 Å². The number of hydrogen-bond donors (Lipinski definition) is 1. The van der Waals surface area contributed by atoms with Crippen molar-refractivity contribution in [1.82, 2.24) is 4.90 Å². The van der Waals surface area contributed by atoms with Gasteiger partial charge in [0.05, 0.1) is 11.4 Å². The van der Waals surface area contributed by atoms with Gasteiger partial charge in [-0.25, -0.2) is 0 Å². The van der Waals surface area contributed by atoms with Gasteiger partial charge in [0.25, 0.3) is 0 Å². The fraction of sp³-hybridized carbons (Fsp3) is 0.412. The van der Waals surface area contributed by atoms with Gasteiger partial charge in [-0.2, -0.15) is 0 Å². The van der Waals surface area contributed by atoms with Crippen molar-refractivity contribution in [2.24, 2.45) is 4.99 Å². The molecule has 2 aromatic rings. The monoisotopic (exact) mass is 564 g/mol. The molecule has 0 saturated heterocycles. The van der Waals surface area contributed by atoms with Gasteiger partial charge in [0.1, 0.15) is 6.29 Å². The van der Waals surface area contributed by atoms with Gasteiger partial charge in [0.15, 0.2) is 0 Å². The maximum absolute atomic E-state index is 11.3. The first-order valence-corrected chi connectivity index (χ1v) is 15.5. The molecule has 0 N–H and O–H groups in total. The third-order valence-corrected chi connectivity index (χ3v) is 7.68. The predicted octanol–water partition coefficient (Wildman–Crippen LogP) is 9.39. The third kappa shape index (κ3) is 8.49. The lowest BCUT2D eigenvalue weighted by molar-refractivity contribution is -0.107. The lowest BCUT2D eigenvalue weighted by Crippen LogP contribution is -2.31. The summed E-state index contributed by atoms with van der Waals surface area (Å²) in [5.74, 6) is 0. The van der Waals surface area contributed by atoms with Crippen molar-refractivity contribution in [3.05, 3.63) is 89.2 Å². The van der Waals surface area contributed by atoms with Crippen LogP contribution in [-0.4, -0.2) is 37.2 Å². The van der Waals surface area contributed by atoms with E-state index in [0.717, 1.165) is 28.1 Å². The van der Waals surface area contributed by atoms with E-state index < -0.39 is 0 Å². The van der Waals surface area contributed by atoms with Crippen molar-refractivity contribution in [3.63, 3.8) is 0 Å². The summed E-state index contributed by atoms with van der Waals surface area (Å²) in [6, 6.07) is 12.5. The lowest BCUT2D eigenvalue weighted by atomic mass is 9.77. The Morgan fingerprint density at radius 2 is 1.69 bits per heavy atom. The van der Waals surface area contributed by atoms with Gasteiger partial charge in [0, 0.05) is 46.8 Å². The van der Waals surface area contributed by atoms with E-state index in [-0.39, 0.29) is 10.8 Å². The Labute approximate surface area is 248 Å². The molecule has 5 heteroatoms. The second-order valence-corrected chi connectivity index (χ2v) is 11.4. The second kappa shape index (κ2) is 15.9. The zero-order chi connectivity index (χ0) is 29.8. The van der Waals surface area contributed by atoms with E-state index in [1.807, 2.05) is 39.8 Å². The molecule has 0 radical (unpaired) electrons. The molecule has 0 atom stereocenters. The molecule has 0 saturated carbocycles. The zero-order valence-electron chi connectivity index (χ0n) is 25.8. The van der Waals surface area contributed by atoms with Crippen LogP contribution in [0.2, 0.25) is 0 Å². The number of likely N-dealkylation sites (N-methyl/N-ethyl adjacent to an activating group) is 1. The van der Waals surface area contributed by atoms with Crippen LogP contribution in [0.4, 0.5) is 5.69 Å². The van der Waals surface area contributed by atoms with Gasteiger partial charge in [-0.15, -0.1) is 24.4 Å². The third-order valence-electron chi connectivity index (χ3n) is 6.68. The Morgan fingerprint density at radius 3 is 2.28 bits per heavy atom. The summed E-state index contributed by atoms with van der Waals surface area (Å²) in [6.45, 7) is 16.8. The van der Waals surface area contributed by atoms with Crippen molar-refractivity contribution in [1.29, 1.82) is 0 Å². The molecule has 39 heavy (non-hydrogen) atoms. The van der Waals surface area contributed by atoms with E-state index >= 15 is 0 Å². The number of carbonyl (C=O) groups is 1. The number of nitrogens with zero attached hydrogens (tertiary/aromatic N) is 2. The molecule has 0 aromatic heterocycles. The largest absolute Gasteiger partial charge is 0.380 e. The SMILES string of the molecule is CC.CC.CSc1ccc(CC=O)c(C(C)(C)\C(=C/C=C/C=C/C2=Nc3ccc(S)cc3C2(C)C)N(C)C)c1. The van der Waals surface area contributed by atoms with E-state index in [2.05, 4.69) is 120 Å². The number of aliphatic imine (C=N–C) groups is 1. The van der Waals surface area contributed by atoms with Gasteiger partial charge in [0.2, 0.25) is 0 Å². The Hall–Kier alpha value is -2.50. The molecule has 0 aliphatic carbocycles. The van der Waals surface area contributed by atoms with E-state index in [1.54, 1.807) is 11.8 Å². The summed E-state index contributed by atoms with van der Waals surface area (Å²) >= 11 is 6.21. The number of thiol groups is 1. The molecule has 0 amide bonds. The number of fused-ring (bicyclic) bond motifs is 1. The number of hydrogen-bond acceptors (Lipinski definition) is 5. The van der Waals surface area contributed by atoms with Gasteiger partial charge in [-0.05, 0) is 65.4 Å². The van der Waals surface area contributed by atoms with Gasteiger partial charge in [-0.3, -0.25) is 4.99 Å². The highest BCUT2D eigenvalue weighted by molar-refractivity contribution is 7.98. The minimum atomic E-state index is -0.272. The number of thioether (sulfide) groups is 1. The standard InChI is InChI=1S/C30H36N2OS2.2C2H6/c1-29(2)25-19-22(34)14-16-26(25)31-27(29)11-9-8-10-12-28(32(5)6)30(3,4)24-20-23(35-7)15-13-21(24)17-18-33;2*1-2/h8-16,18-20,34H,17H2,1-7H3;2*1-2H3/b10-8+,11-9+,28-12+;;. The summed E-state index contributed by atoms with van der Waals surface area (Å²) < 4.78 is 0. The van der Waals surface area contributed by atoms with Gasteiger partial charge < -0.3 is 9.69 Å². The molecule has 0 fully saturated rings. The zero-order valence-corrected chi connectivity index (χ0v) is 27.5. The van der Waals surface area contributed by atoms with Crippen molar-refractivity contribution >= 4 is 42.1 Å². The van der Waals surface area contributed by atoms with Crippen LogP contribution in [0.1, 0.15) is 72.1 Å². The van der Waals surface area contributed by atoms with Gasteiger partial charge >= 0.3 is 0 Å². The highest BCUT2D eigenvalue weighted by atomic mass is 32.2. The molecule has 2 aromatic carbocycles. The summed E-state index contributed by atoms with van der Waals surface area (Å²) in [5.41, 5.74) is 6.28. The van der Waals surface area contributed by atoms with Crippen LogP contribution in [0.15, 0.2) is 87.3 Å². The molecule has 1 heterocycles. The van der Waals surface area contributed by atoms with E-state index in [4.69, 9.17) is 4.99 Å². The van der Waals surface area contributed by atoms with Crippen LogP contribution >= 0.6 is 24.4 Å². The smallest absolute Gasteiger partial charge is 0.124 e. The number of rotatable bonds is 9. The topological polar surface area (TPSA) is 32.7 Å². The normalized spacial score (nSPS) is 14.3. The van der Waals surface area contributed by atoms with Crippen LogP contribution in [0.3, 0.4) is 0 Å². The highest BCUT2D eigenvalue weighted by Crippen LogP contribution is 2.41. The Kier molecular flexibility index (Phi) is 14.1. The molecule has 1 aliphatic heterocycles. The van der Waals surface area contributed by atoms with Crippen LogP contribution in [-0.2, 0) is 22.0 Å².